The van der Waals surface area contributed by atoms with Gasteiger partial charge in [0.15, 0.2) is 0 Å². The van der Waals surface area contributed by atoms with Crippen LogP contribution in [-0.4, -0.2) is 10.2 Å². The summed E-state index contributed by atoms with van der Waals surface area (Å²) >= 11 is 0. The summed E-state index contributed by atoms with van der Waals surface area (Å²) < 4.78 is 0. The molecule has 2 aliphatic carbocycles. The van der Waals surface area contributed by atoms with Gasteiger partial charge in [-0.3, -0.25) is 0 Å². The molecule has 3 rings (SSSR count). The van der Waals surface area contributed by atoms with Crippen LogP contribution in [0.3, 0.4) is 0 Å². The molecule has 0 saturated heterocycles. The third kappa shape index (κ3) is 1.35. The molecule has 2 heteroatoms. The average Bonchev–Trinajstić information content (AvgIpc) is 2.59. The fourth-order valence-electron chi connectivity index (χ4n) is 4.53. The zero-order valence-electron chi connectivity index (χ0n) is 11.4. The Morgan fingerprint density at radius 3 is 2.11 bits per heavy atom. The highest BCUT2D eigenvalue weighted by atomic mass is 16.3. The maximum atomic E-state index is 9.68. The van der Waals surface area contributed by atoms with Crippen molar-refractivity contribution >= 4 is 0 Å². The molecule has 2 N–H and O–H groups in total. The third-order valence-corrected chi connectivity index (χ3v) is 6.12. The lowest BCUT2D eigenvalue weighted by molar-refractivity contribution is 0.134. The van der Waals surface area contributed by atoms with Crippen LogP contribution < -0.4 is 0 Å². The molecule has 2 aliphatic rings. The molecule has 0 aromatic heterocycles. The Morgan fingerprint density at radius 2 is 1.67 bits per heavy atom. The molecule has 0 unspecified atom stereocenters. The van der Waals surface area contributed by atoms with Gasteiger partial charge in [-0.25, -0.2) is 0 Å². The van der Waals surface area contributed by atoms with Crippen LogP contribution in [-0.2, 0) is 0 Å². The van der Waals surface area contributed by atoms with E-state index in [0.717, 1.165) is 11.5 Å². The summed E-state index contributed by atoms with van der Waals surface area (Å²) in [7, 11) is 0. The molecule has 0 aliphatic heterocycles. The Bertz CT molecular complexity index is 472. The molecular weight excluding hydrogens is 224 g/mol. The normalized spacial score (nSPS) is 37.1. The predicted molar refractivity (Wildman–Crippen MR) is 71.7 cm³/mol. The van der Waals surface area contributed by atoms with Gasteiger partial charge in [0.1, 0.15) is 11.5 Å². The van der Waals surface area contributed by atoms with E-state index in [-0.39, 0.29) is 16.9 Å². The number of benzene rings is 1. The molecule has 2 bridgehead atoms. The summed E-state index contributed by atoms with van der Waals surface area (Å²) in [4.78, 5) is 0. The van der Waals surface area contributed by atoms with E-state index in [1.807, 2.05) is 12.1 Å². The highest BCUT2D eigenvalue weighted by molar-refractivity contribution is 5.40. The summed E-state index contributed by atoms with van der Waals surface area (Å²) in [6.45, 7) is 7.15. The first-order valence-electron chi connectivity index (χ1n) is 6.87. The average molecular weight is 246 g/mol. The second kappa shape index (κ2) is 3.43. The van der Waals surface area contributed by atoms with Crippen LogP contribution in [0.5, 0.6) is 11.5 Å². The topological polar surface area (TPSA) is 40.5 Å². The lowest BCUT2D eigenvalue weighted by Crippen LogP contribution is -2.31. The SMILES string of the molecule is CC1(C)[C@@H]2CC[C@@]1(C)[C@@H](c1cc(O)cc(O)c1)C2. The van der Waals surface area contributed by atoms with Gasteiger partial charge in [-0.1, -0.05) is 20.8 Å². The minimum atomic E-state index is 0.175. The van der Waals surface area contributed by atoms with Crippen molar-refractivity contribution in [1.82, 2.24) is 0 Å². The lowest BCUT2D eigenvalue weighted by Gasteiger charge is -2.39. The van der Waals surface area contributed by atoms with Crippen molar-refractivity contribution in [3.05, 3.63) is 23.8 Å². The van der Waals surface area contributed by atoms with Gasteiger partial charge in [-0.15, -0.1) is 0 Å². The standard InChI is InChI=1S/C16H22O2/c1-15(2)11-4-5-16(15,3)14(8-11)10-6-12(17)9-13(18)7-10/h6-7,9,11,14,17-18H,4-5,8H2,1-3H3/t11-,14-,16+/m1/s1. The first-order valence-corrected chi connectivity index (χ1v) is 6.87. The summed E-state index contributed by atoms with van der Waals surface area (Å²) in [5.41, 5.74) is 1.75. The van der Waals surface area contributed by atoms with Crippen LogP contribution in [0.2, 0.25) is 0 Å². The molecule has 2 saturated carbocycles. The Labute approximate surface area is 109 Å². The Kier molecular flexibility index (Phi) is 2.27. The Hall–Kier alpha value is -1.18. The van der Waals surface area contributed by atoms with Gasteiger partial charge in [-0.05, 0) is 59.6 Å². The van der Waals surface area contributed by atoms with Gasteiger partial charge in [-0.2, -0.15) is 0 Å². The molecule has 1 aromatic rings. The van der Waals surface area contributed by atoms with E-state index in [0.29, 0.717) is 11.3 Å². The second-order valence-corrected chi connectivity index (χ2v) is 6.95. The molecule has 0 spiro atoms. The summed E-state index contributed by atoms with van der Waals surface area (Å²) in [5.74, 6) is 1.59. The summed E-state index contributed by atoms with van der Waals surface area (Å²) in [6, 6.07) is 5.06. The van der Waals surface area contributed by atoms with E-state index in [4.69, 9.17) is 0 Å². The zero-order valence-corrected chi connectivity index (χ0v) is 11.4. The number of rotatable bonds is 1. The van der Waals surface area contributed by atoms with Crippen molar-refractivity contribution in [1.29, 1.82) is 0 Å². The van der Waals surface area contributed by atoms with Crippen LogP contribution in [0, 0.1) is 16.7 Å². The second-order valence-electron chi connectivity index (χ2n) is 6.95. The van der Waals surface area contributed by atoms with E-state index < -0.39 is 0 Å². The van der Waals surface area contributed by atoms with E-state index in [9.17, 15) is 10.2 Å². The van der Waals surface area contributed by atoms with Crippen molar-refractivity contribution in [2.75, 3.05) is 0 Å². The van der Waals surface area contributed by atoms with Crippen LogP contribution in [0.15, 0.2) is 18.2 Å². The monoisotopic (exact) mass is 246 g/mol. The number of fused-ring (bicyclic) bond motifs is 2. The molecule has 18 heavy (non-hydrogen) atoms. The van der Waals surface area contributed by atoms with E-state index >= 15 is 0 Å². The quantitative estimate of drug-likeness (QED) is 0.785. The van der Waals surface area contributed by atoms with Gasteiger partial charge in [0.2, 0.25) is 0 Å². The molecule has 0 amide bonds. The van der Waals surface area contributed by atoms with E-state index in [2.05, 4.69) is 20.8 Å². The van der Waals surface area contributed by atoms with Crippen LogP contribution in [0.4, 0.5) is 0 Å². The van der Waals surface area contributed by atoms with Gasteiger partial charge in [0, 0.05) is 6.07 Å². The molecule has 2 nitrogen and oxygen atoms in total. The Morgan fingerprint density at radius 1 is 1.06 bits per heavy atom. The first-order chi connectivity index (χ1) is 8.34. The fraction of sp³-hybridized carbons (Fsp3) is 0.625. The molecule has 0 heterocycles. The van der Waals surface area contributed by atoms with Crippen LogP contribution in [0.1, 0.15) is 51.5 Å². The zero-order chi connectivity index (χ0) is 13.1. The van der Waals surface area contributed by atoms with Crippen molar-refractivity contribution in [2.24, 2.45) is 16.7 Å². The number of phenols is 2. The Balaban J connectivity index is 2.05. The smallest absolute Gasteiger partial charge is 0.119 e. The van der Waals surface area contributed by atoms with Crippen molar-refractivity contribution < 1.29 is 10.2 Å². The van der Waals surface area contributed by atoms with E-state index in [1.165, 1.54) is 25.3 Å². The largest absolute Gasteiger partial charge is 0.508 e. The fourth-order valence-corrected chi connectivity index (χ4v) is 4.53. The molecule has 2 fully saturated rings. The van der Waals surface area contributed by atoms with Gasteiger partial charge in [0.25, 0.3) is 0 Å². The van der Waals surface area contributed by atoms with Gasteiger partial charge >= 0.3 is 0 Å². The van der Waals surface area contributed by atoms with Crippen molar-refractivity contribution in [3.63, 3.8) is 0 Å². The van der Waals surface area contributed by atoms with Crippen LogP contribution >= 0.6 is 0 Å². The molecular formula is C16H22O2. The molecule has 0 radical (unpaired) electrons. The van der Waals surface area contributed by atoms with Crippen LogP contribution in [0.25, 0.3) is 0 Å². The third-order valence-electron chi connectivity index (χ3n) is 6.12. The molecule has 1 aromatic carbocycles. The number of phenolic OH excluding ortho intramolecular Hbond substituents is 2. The maximum absolute atomic E-state index is 9.68. The highest BCUT2D eigenvalue weighted by Crippen LogP contribution is 2.71. The number of hydrogen-bond acceptors (Lipinski definition) is 2. The van der Waals surface area contributed by atoms with Crippen molar-refractivity contribution in [3.8, 4) is 11.5 Å². The van der Waals surface area contributed by atoms with Gasteiger partial charge < -0.3 is 10.2 Å². The highest BCUT2D eigenvalue weighted by Gasteiger charge is 2.61. The summed E-state index contributed by atoms with van der Waals surface area (Å²) in [6.07, 6.45) is 3.77. The summed E-state index contributed by atoms with van der Waals surface area (Å²) in [5, 5.41) is 19.4. The maximum Gasteiger partial charge on any atom is 0.119 e. The first kappa shape index (κ1) is 11.9. The van der Waals surface area contributed by atoms with Crippen molar-refractivity contribution in [2.45, 2.75) is 46.0 Å². The van der Waals surface area contributed by atoms with Gasteiger partial charge in [0.05, 0.1) is 0 Å². The number of aromatic hydroxyl groups is 2. The minimum absolute atomic E-state index is 0.175. The molecule has 98 valence electrons. The predicted octanol–water partition coefficient (Wildman–Crippen LogP) is 4.03. The lowest BCUT2D eigenvalue weighted by atomic mass is 9.65. The minimum Gasteiger partial charge on any atom is -0.508 e. The van der Waals surface area contributed by atoms with E-state index in [1.54, 1.807) is 0 Å². The number of hydrogen-bond donors (Lipinski definition) is 2. The molecule has 3 atom stereocenters.